The van der Waals surface area contributed by atoms with Gasteiger partial charge in [0, 0.05) is 5.92 Å². The van der Waals surface area contributed by atoms with Gasteiger partial charge in [0.15, 0.2) is 0 Å². The van der Waals surface area contributed by atoms with Gasteiger partial charge in [-0.1, -0.05) is 26.0 Å². The highest BCUT2D eigenvalue weighted by Crippen LogP contribution is 2.18. The summed E-state index contributed by atoms with van der Waals surface area (Å²) < 4.78 is 14.9. The Kier molecular flexibility index (Phi) is 6.21. The number of carbonyl (C=O) groups is 2. The van der Waals surface area contributed by atoms with Gasteiger partial charge in [0.1, 0.15) is 17.7 Å². The van der Waals surface area contributed by atoms with Crippen LogP contribution in [0.5, 0.6) is 0 Å². The van der Waals surface area contributed by atoms with Crippen molar-refractivity contribution in [2.45, 2.75) is 38.6 Å². The van der Waals surface area contributed by atoms with Crippen molar-refractivity contribution in [1.29, 1.82) is 0 Å². The fraction of sp³-hybridized carbons (Fsp3) is 0.333. The molecule has 1 atom stereocenters. The number of amides is 1. The van der Waals surface area contributed by atoms with Crippen LogP contribution in [0.3, 0.4) is 0 Å². The minimum Gasteiger partial charge on any atom is -0.480 e. The molecule has 1 aromatic heterocycles. The van der Waals surface area contributed by atoms with E-state index in [9.17, 15) is 19.1 Å². The predicted molar refractivity (Wildman–Crippen MR) is 93.7 cm³/mol. The Bertz CT molecular complexity index is 817. The van der Waals surface area contributed by atoms with Crippen molar-refractivity contribution in [2.75, 3.05) is 0 Å². The molecular weight excluding hydrogens is 339 g/mol. The third kappa shape index (κ3) is 4.53. The number of benzene rings is 1. The second kappa shape index (κ2) is 8.37. The molecule has 0 saturated carbocycles. The first-order valence-corrected chi connectivity index (χ1v) is 8.21. The highest BCUT2D eigenvalue weighted by molar-refractivity contribution is 5.93. The molecule has 1 unspecified atom stereocenters. The van der Waals surface area contributed by atoms with Crippen LogP contribution in [0.4, 0.5) is 4.39 Å². The molecule has 2 rings (SSSR count). The van der Waals surface area contributed by atoms with Gasteiger partial charge in [-0.3, -0.25) is 4.79 Å². The number of nitrogens with zero attached hydrogens (tertiary/aromatic N) is 3. The Morgan fingerprint density at radius 2 is 2.15 bits per heavy atom. The van der Waals surface area contributed by atoms with Crippen molar-refractivity contribution in [3.63, 3.8) is 0 Å². The lowest BCUT2D eigenvalue weighted by Crippen LogP contribution is -2.41. The normalized spacial score (nSPS) is 12.0. The highest BCUT2D eigenvalue weighted by atomic mass is 19.1. The van der Waals surface area contributed by atoms with Crippen LogP contribution in [-0.4, -0.2) is 37.8 Å². The van der Waals surface area contributed by atoms with Gasteiger partial charge in [-0.15, -0.1) is 11.7 Å². The highest BCUT2D eigenvalue weighted by Gasteiger charge is 2.24. The quantitative estimate of drug-likeness (QED) is 0.706. The third-order valence-corrected chi connectivity index (χ3v) is 3.67. The molecule has 138 valence electrons. The van der Waals surface area contributed by atoms with Gasteiger partial charge in [-0.05, 0) is 31.0 Å². The van der Waals surface area contributed by atoms with Crippen LogP contribution in [0.25, 0.3) is 5.69 Å². The molecule has 26 heavy (non-hydrogen) atoms. The van der Waals surface area contributed by atoms with Gasteiger partial charge in [-0.2, -0.15) is 0 Å². The molecule has 0 bridgehead atoms. The summed E-state index contributed by atoms with van der Waals surface area (Å²) in [7, 11) is 0. The number of aromatic nitrogens is 3. The number of hydrogen-bond donors (Lipinski definition) is 2. The van der Waals surface area contributed by atoms with E-state index in [2.05, 4.69) is 22.0 Å². The number of hydrogen-bond acceptors (Lipinski definition) is 4. The molecule has 0 spiro atoms. The Morgan fingerprint density at radius 1 is 1.42 bits per heavy atom. The summed E-state index contributed by atoms with van der Waals surface area (Å²) in [5.41, 5.74) is 0.432. The summed E-state index contributed by atoms with van der Waals surface area (Å²) in [5, 5.41) is 15.8. The van der Waals surface area contributed by atoms with Gasteiger partial charge in [0.25, 0.3) is 5.91 Å². The molecule has 0 aliphatic carbocycles. The minimum atomic E-state index is -1.14. The summed E-state index contributed by atoms with van der Waals surface area (Å²) in [6, 6.07) is 4.71. The zero-order valence-electron chi connectivity index (χ0n) is 14.6. The number of carboxylic acid groups (broad SMARTS) is 1. The van der Waals surface area contributed by atoms with Crippen LogP contribution < -0.4 is 5.32 Å². The van der Waals surface area contributed by atoms with E-state index in [1.165, 1.54) is 22.9 Å². The van der Waals surface area contributed by atoms with E-state index in [4.69, 9.17) is 0 Å². The standard InChI is InChI=1S/C18H21FN4O3/c1-4-5-9-14(18(25)26)20-17(24)15-21-16(11(2)3)23(22-15)13-8-6-7-12(19)10-13/h4,6-8,10-11,14H,1,5,9H2,2-3H3,(H,20,24)(H,25,26). The number of halogens is 1. The monoisotopic (exact) mass is 360 g/mol. The molecule has 1 aromatic carbocycles. The van der Waals surface area contributed by atoms with Crippen molar-refractivity contribution >= 4 is 11.9 Å². The van der Waals surface area contributed by atoms with Crippen LogP contribution in [0, 0.1) is 5.82 Å². The first kappa shape index (κ1) is 19.3. The van der Waals surface area contributed by atoms with Crippen LogP contribution in [-0.2, 0) is 4.79 Å². The molecule has 0 radical (unpaired) electrons. The van der Waals surface area contributed by atoms with Gasteiger partial charge in [-0.25, -0.2) is 18.9 Å². The van der Waals surface area contributed by atoms with E-state index in [-0.39, 0.29) is 18.2 Å². The smallest absolute Gasteiger partial charge is 0.326 e. The lowest BCUT2D eigenvalue weighted by atomic mass is 10.1. The molecule has 0 aliphatic heterocycles. The van der Waals surface area contributed by atoms with Crippen molar-refractivity contribution in [3.05, 3.63) is 54.4 Å². The lowest BCUT2D eigenvalue weighted by molar-refractivity contribution is -0.139. The summed E-state index contributed by atoms with van der Waals surface area (Å²) in [4.78, 5) is 27.9. The minimum absolute atomic E-state index is 0.0802. The van der Waals surface area contributed by atoms with E-state index >= 15 is 0 Å². The van der Waals surface area contributed by atoms with Crippen molar-refractivity contribution in [2.24, 2.45) is 0 Å². The average molecular weight is 360 g/mol. The van der Waals surface area contributed by atoms with E-state index < -0.39 is 23.7 Å². The van der Waals surface area contributed by atoms with E-state index in [0.29, 0.717) is 17.9 Å². The topological polar surface area (TPSA) is 97.1 Å². The summed E-state index contributed by atoms with van der Waals surface area (Å²) in [6.07, 6.45) is 2.24. The van der Waals surface area contributed by atoms with E-state index in [1.54, 1.807) is 12.1 Å². The van der Waals surface area contributed by atoms with Crippen molar-refractivity contribution in [3.8, 4) is 5.69 Å². The van der Waals surface area contributed by atoms with Crippen LogP contribution >= 0.6 is 0 Å². The SMILES string of the molecule is C=CCCC(NC(=O)c1nc(C(C)C)n(-c2cccc(F)c2)n1)C(=O)O. The molecule has 8 heteroatoms. The predicted octanol–water partition coefficient (Wildman–Crippen LogP) is 2.68. The number of carboxylic acids is 1. The zero-order chi connectivity index (χ0) is 19.3. The van der Waals surface area contributed by atoms with Crippen molar-refractivity contribution in [1.82, 2.24) is 20.1 Å². The number of allylic oxidation sites excluding steroid dienone is 1. The van der Waals surface area contributed by atoms with Gasteiger partial charge < -0.3 is 10.4 Å². The fourth-order valence-corrected chi connectivity index (χ4v) is 2.36. The molecule has 1 heterocycles. The Labute approximate surface area is 150 Å². The van der Waals surface area contributed by atoms with Crippen LogP contribution in [0.2, 0.25) is 0 Å². The lowest BCUT2D eigenvalue weighted by Gasteiger charge is -2.11. The number of rotatable bonds is 8. The molecule has 0 saturated heterocycles. The molecule has 0 aliphatic rings. The first-order chi connectivity index (χ1) is 12.3. The Hall–Kier alpha value is -3.03. The maximum absolute atomic E-state index is 13.5. The largest absolute Gasteiger partial charge is 0.480 e. The second-order valence-electron chi connectivity index (χ2n) is 6.07. The van der Waals surface area contributed by atoms with Gasteiger partial charge >= 0.3 is 5.97 Å². The third-order valence-electron chi connectivity index (χ3n) is 3.67. The number of aliphatic carboxylic acids is 1. The first-order valence-electron chi connectivity index (χ1n) is 8.21. The average Bonchev–Trinajstić information content (AvgIpc) is 3.04. The van der Waals surface area contributed by atoms with E-state index in [0.717, 1.165) is 0 Å². The summed E-state index contributed by atoms with van der Waals surface area (Å²) in [5.74, 6) is -2.05. The molecule has 0 fully saturated rings. The molecule has 1 amide bonds. The maximum atomic E-state index is 13.5. The second-order valence-corrected chi connectivity index (χ2v) is 6.07. The molecular formula is C18H21FN4O3. The van der Waals surface area contributed by atoms with Crippen LogP contribution in [0.15, 0.2) is 36.9 Å². The maximum Gasteiger partial charge on any atom is 0.326 e. The van der Waals surface area contributed by atoms with E-state index in [1.807, 2.05) is 13.8 Å². The molecule has 7 nitrogen and oxygen atoms in total. The summed E-state index contributed by atoms with van der Waals surface area (Å²) >= 11 is 0. The molecule has 2 N–H and O–H groups in total. The van der Waals surface area contributed by atoms with Gasteiger partial charge in [0.2, 0.25) is 5.82 Å². The van der Waals surface area contributed by atoms with Gasteiger partial charge in [0.05, 0.1) is 5.69 Å². The zero-order valence-corrected chi connectivity index (χ0v) is 14.6. The fourth-order valence-electron chi connectivity index (χ4n) is 2.36. The number of nitrogens with one attached hydrogen (secondary N) is 1. The number of carbonyl (C=O) groups excluding carboxylic acids is 1. The summed E-state index contributed by atoms with van der Waals surface area (Å²) in [6.45, 7) is 7.27. The Morgan fingerprint density at radius 3 is 2.73 bits per heavy atom. The Balaban J connectivity index is 2.32. The van der Waals surface area contributed by atoms with Crippen LogP contribution in [0.1, 0.15) is 49.1 Å². The van der Waals surface area contributed by atoms with Crippen molar-refractivity contribution < 1.29 is 19.1 Å². The molecule has 2 aromatic rings.